The molecule has 0 saturated heterocycles. The number of amides is 1. The average Bonchev–Trinajstić information content (AvgIpc) is 2.40. The molecule has 0 aliphatic carbocycles. The molecule has 0 saturated carbocycles. The summed E-state index contributed by atoms with van der Waals surface area (Å²) in [5, 5.41) is 11.5. The molecule has 0 fully saturated rings. The van der Waals surface area contributed by atoms with Gasteiger partial charge in [0, 0.05) is 4.47 Å². The van der Waals surface area contributed by atoms with Crippen molar-refractivity contribution in [1.82, 2.24) is 0 Å². The van der Waals surface area contributed by atoms with E-state index in [-0.39, 0.29) is 5.91 Å². The Hall–Kier alpha value is -2.32. The van der Waals surface area contributed by atoms with Crippen molar-refractivity contribution in [2.45, 2.75) is 6.92 Å². The fraction of sp³-hybridized carbons (Fsp3) is 0.0667. The van der Waals surface area contributed by atoms with Gasteiger partial charge in [0.1, 0.15) is 0 Å². The lowest BCUT2D eigenvalue weighted by Gasteiger charge is -2.10. The summed E-state index contributed by atoms with van der Waals surface area (Å²) in [6.07, 6.45) is 0. The van der Waals surface area contributed by atoms with Crippen LogP contribution in [0.25, 0.3) is 0 Å². The second-order valence-corrected chi connectivity index (χ2v) is 5.21. The van der Waals surface area contributed by atoms with E-state index in [1.165, 1.54) is 6.07 Å². The minimum atomic E-state index is -0.256. The van der Waals surface area contributed by atoms with Crippen LogP contribution >= 0.6 is 15.9 Å². The van der Waals surface area contributed by atoms with Crippen molar-refractivity contribution in [2.24, 2.45) is 0 Å². The van der Waals surface area contributed by atoms with Crippen molar-refractivity contribution in [3.05, 3.63) is 57.6 Å². The number of halogens is 1. The summed E-state index contributed by atoms with van der Waals surface area (Å²) < 4.78 is 0.724. The maximum atomic E-state index is 12.2. The Bertz CT molecular complexity index is 720. The lowest BCUT2D eigenvalue weighted by Crippen LogP contribution is -2.14. The molecule has 0 aliphatic heterocycles. The molecule has 0 radical (unpaired) electrons. The Morgan fingerprint density at radius 1 is 1.30 bits per heavy atom. The highest BCUT2D eigenvalue weighted by Gasteiger charge is 2.11. The van der Waals surface area contributed by atoms with Crippen LogP contribution < -0.4 is 11.1 Å². The van der Waals surface area contributed by atoms with Crippen LogP contribution in [0.5, 0.6) is 0 Å². The van der Waals surface area contributed by atoms with Crippen molar-refractivity contribution in [1.29, 1.82) is 5.26 Å². The first-order chi connectivity index (χ1) is 9.51. The van der Waals surface area contributed by atoms with Gasteiger partial charge in [-0.3, -0.25) is 4.79 Å². The van der Waals surface area contributed by atoms with Crippen LogP contribution in [0, 0.1) is 18.3 Å². The molecule has 3 N–H and O–H groups in total. The number of nitrogens with one attached hydrogen (secondary N) is 1. The Balaban J connectivity index is 2.26. The zero-order chi connectivity index (χ0) is 14.7. The minimum Gasteiger partial charge on any atom is -0.397 e. The van der Waals surface area contributed by atoms with Crippen molar-refractivity contribution < 1.29 is 4.79 Å². The van der Waals surface area contributed by atoms with Gasteiger partial charge in [0.2, 0.25) is 0 Å². The molecule has 0 bridgehead atoms. The van der Waals surface area contributed by atoms with E-state index >= 15 is 0 Å². The number of nitrogens with two attached hydrogens (primary N) is 1. The van der Waals surface area contributed by atoms with Gasteiger partial charge >= 0.3 is 0 Å². The van der Waals surface area contributed by atoms with E-state index in [2.05, 4.69) is 21.2 Å². The van der Waals surface area contributed by atoms with E-state index in [0.717, 1.165) is 10.0 Å². The van der Waals surface area contributed by atoms with Crippen LogP contribution in [0.15, 0.2) is 40.9 Å². The van der Waals surface area contributed by atoms with Gasteiger partial charge in [0.05, 0.1) is 28.6 Å². The molecule has 20 heavy (non-hydrogen) atoms. The number of nitriles is 1. The zero-order valence-corrected chi connectivity index (χ0v) is 12.4. The van der Waals surface area contributed by atoms with E-state index in [1.54, 1.807) is 18.2 Å². The number of hydrogen-bond donors (Lipinski definition) is 2. The minimum absolute atomic E-state index is 0.256. The molecular weight excluding hydrogens is 318 g/mol. The fourth-order valence-corrected chi connectivity index (χ4v) is 2.41. The average molecular weight is 330 g/mol. The van der Waals surface area contributed by atoms with Crippen LogP contribution in [0.1, 0.15) is 21.5 Å². The zero-order valence-electron chi connectivity index (χ0n) is 10.8. The molecule has 5 heteroatoms. The van der Waals surface area contributed by atoms with E-state index in [0.29, 0.717) is 22.5 Å². The summed E-state index contributed by atoms with van der Waals surface area (Å²) in [4.78, 5) is 12.2. The SMILES string of the molecule is Cc1ccc(C(=O)Nc2ccc(C#N)cc2N)c(Br)c1. The molecule has 1 amide bonds. The van der Waals surface area contributed by atoms with Gasteiger partial charge in [0.25, 0.3) is 5.91 Å². The summed E-state index contributed by atoms with van der Waals surface area (Å²) in [7, 11) is 0. The van der Waals surface area contributed by atoms with Gasteiger partial charge in [-0.2, -0.15) is 5.26 Å². The van der Waals surface area contributed by atoms with E-state index in [9.17, 15) is 4.79 Å². The number of aryl methyl sites for hydroxylation is 1. The van der Waals surface area contributed by atoms with Crippen molar-refractivity contribution in [3.8, 4) is 6.07 Å². The number of nitrogens with zero attached hydrogens (tertiary/aromatic N) is 1. The van der Waals surface area contributed by atoms with Crippen molar-refractivity contribution in [3.63, 3.8) is 0 Å². The molecule has 0 unspecified atom stereocenters. The summed E-state index contributed by atoms with van der Waals surface area (Å²) in [6, 6.07) is 12.2. The number of carbonyl (C=O) groups excluding carboxylic acids is 1. The number of anilines is 2. The molecule has 100 valence electrons. The molecule has 0 heterocycles. The molecular formula is C15H12BrN3O. The lowest BCUT2D eigenvalue weighted by atomic mass is 10.1. The number of rotatable bonds is 2. The Morgan fingerprint density at radius 2 is 2.05 bits per heavy atom. The molecule has 0 aromatic heterocycles. The van der Waals surface area contributed by atoms with E-state index < -0.39 is 0 Å². The first-order valence-corrected chi connectivity index (χ1v) is 6.67. The second-order valence-electron chi connectivity index (χ2n) is 4.35. The molecule has 0 spiro atoms. The van der Waals surface area contributed by atoms with Crippen LogP contribution in [0.3, 0.4) is 0 Å². The largest absolute Gasteiger partial charge is 0.397 e. The smallest absolute Gasteiger partial charge is 0.256 e. The summed E-state index contributed by atoms with van der Waals surface area (Å²) in [5.74, 6) is -0.256. The van der Waals surface area contributed by atoms with Gasteiger partial charge in [-0.25, -0.2) is 0 Å². The Kier molecular flexibility index (Phi) is 4.06. The summed E-state index contributed by atoms with van der Waals surface area (Å²) in [6.45, 7) is 1.95. The van der Waals surface area contributed by atoms with Crippen LogP contribution in [-0.2, 0) is 0 Å². The predicted octanol–water partition coefficient (Wildman–Crippen LogP) is 3.46. The Morgan fingerprint density at radius 3 is 2.65 bits per heavy atom. The third kappa shape index (κ3) is 2.98. The standard InChI is InChI=1S/C15H12BrN3O/c1-9-2-4-11(12(16)6-9)15(20)19-14-5-3-10(8-17)7-13(14)18/h2-7H,18H2,1H3,(H,19,20). The lowest BCUT2D eigenvalue weighted by molar-refractivity contribution is 0.102. The Labute approximate surface area is 125 Å². The van der Waals surface area contributed by atoms with Gasteiger partial charge in [-0.1, -0.05) is 6.07 Å². The highest BCUT2D eigenvalue weighted by Crippen LogP contribution is 2.23. The first-order valence-electron chi connectivity index (χ1n) is 5.88. The number of hydrogen-bond acceptors (Lipinski definition) is 3. The van der Waals surface area contributed by atoms with Crippen LogP contribution in [0.4, 0.5) is 11.4 Å². The summed E-state index contributed by atoms with van der Waals surface area (Å²) in [5.41, 5.74) is 8.70. The third-order valence-corrected chi connectivity index (χ3v) is 3.45. The molecule has 0 atom stereocenters. The molecule has 4 nitrogen and oxygen atoms in total. The molecule has 0 aliphatic rings. The van der Waals surface area contributed by atoms with Crippen molar-refractivity contribution >= 4 is 33.2 Å². The maximum absolute atomic E-state index is 12.2. The monoisotopic (exact) mass is 329 g/mol. The third-order valence-electron chi connectivity index (χ3n) is 2.80. The van der Waals surface area contributed by atoms with Gasteiger partial charge in [0.15, 0.2) is 0 Å². The fourth-order valence-electron chi connectivity index (χ4n) is 1.74. The maximum Gasteiger partial charge on any atom is 0.256 e. The summed E-state index contributed by atoms with van der Waals surface area (Å²) >= 11 is 3.37. The normalized spacial score (nSPS) is 9.85. The number of carbonyl (C=O) groups is 1. The topological polar surface area (TPSA) is 78.9 Å². The number of benzene rings is 2. The van der Waals surface area contributed by atoms with Gasteiger partial charge < -0.3 is 11.1 Å². The number of nitrogen functional groups attached to an aromatic ring is 1. The van der Waals surface area contributed by atoms with Crippen LogP contribution in [-0.4, -0.2) is 5.91 Å². The van der Waals surface area contributed by atoms with E-state index in [1.807, 2.05) is 25.1 Å². The highest BCUT2D eigenvalue weighted by atomic mass is 79.9. The van der Waals surface area contributed by atoms with Crippen LogP contribution in [0.2, 0.25) is 0 Å². The van der Waals surface area contributed by atoms with E-state index in [4.69, 9.17) is 11.0 Å². The highest BCUT2D eigenvalue weighted by molar-refractivity contribution is 9.10. The molecule has 2 rings (SSSR count). The molecule has 2 aromatic carbocycles. The quantitative estimate of drug-likeness (QED) is 0.828. The van der Waals surface area contributed by atoms with Gasteiger partial charge in [-0.15, -0.1) is 0 Å². The predicted molar refractivity (Wildman–Crippen MR) is 82.4 cm³/mol. The van der Waals surface area contributed by atoms with Gasteiger partial charge in [-0.05, 0) is 58.7 Å². The first kappa shape index (κ1) is 14.1. The second kappa shape index (κ2) is 5.76. The molecule has 2 aromatic rings. The van der Waals surface area contributed by atoms with Crippen molar-refractivity contribution in [2.75, 3.05) is 11.1 Å².